The van der Waals surface area contributed by atoms with Gasteiger partial charge in [-0.25, -0.2) is 18.1 Å². The van der Waals surface area contributed by atoms with Crippen LogP contribution in [-0.2, 0) is 16.6 Å². The number of sulfonamides is 1. The van der Waals surface area contributed by atoms with E-state index in [0.717, 1.165) is 5.56 Å². The lowest BCUT2D eigenvalue weighted by molar-refractivity contribution is 0.174. The number of nitrogens with two attached hydrogens (primary N) is 1. The summed E-state index contributed by atoms with van der Waals surface area (Å²) < 4.78 is 37.1. The highest BCUT2D eigenvalue weighted by molar-refractivity contribution is 7.89. The molecular weight excluding hydrogens is 294 g/mol. The number of pyridine rings is 1. The van der Waals surface area contributed by atoms with Crippen LogP contribution in [0, 0.1) is 0 Å². The van der Waals surface area contributed by atoms with E-state index in [1.54, 1.807) is 18.2 Å². The Balaban J connectivity index is 1.73. The summed E-state index contributed by atoms with van der Waals surface area (Å²) in [6.07, 6.45) is 1.22. The fraction of sp³-hybridized carbons (Fsp3) is 0.154. The molecule has 0 fully saturated rings. The van der Waals surface area contributed by atoms with Crippen LogP contribution in [0.1, 0.15) is 5.56 Å². The lowest BCUT2D eigenvalue weighted by Gasteiger charge is -2.07. The third kappa shape index (κ3) is 2.91. The van der Waals surface area contributed by atoms with Gasteiger partial charge in [0.15, 0.2) is 11.5 Å². The molecule has 0 saturated heterocycles. The predicted molar refractivity (Wildman–Crippen MR) is 75.2 cm³/mol. The van der Waals surface area contributed by atoms with E-state index in [1.165, 1.54) is 18.3 Å². The van der Waals surface area contributed by atoms with Gasteiger partial charge in [-0.2, -0.15) is 0 Å². The highest BCUT2D eigenvalue weighted by Gasteiger charge is 2.16. The normalized spacial score (nSPS) is 13.3. The van der Waals surface area contributed by atoms with Crippen molar-refractivity contribution in [3.05, 3.63) is 42.1 Å². The van der Waals surface area contributed by atoms with E-state index >= 15 is 0 Å². The molecular formula is C13H13N3O4S. The van der Waals surface area contributed by atoms with Gasteiger partial charge in [0.2, 0.25) is 16.8 Å². The quantitative estimate of drug-likeness (QED) is 0.868. The molecule has 0 atom stereocenters. The average molecular weight is 307 g/mol. The Morgan fingerprint density at radius 1 is 1.19 bits per heavy atom. The van der Waals surface area contributed by atoms with Gasteiger partial charge in [0.1, 0.15) is 10.7 Å². The number of hydrogen-bond donors (Lipinski definition) is 2. The van der Waals surface area contributed by atoms with Crippen molar-refractivity contribution in [1.82, 2.24) is 9.71 Å². The predicted octanol–water partition coefficient (Wildman–Crippen LogP) is 0.871. The number of aromatic nitrogens is 1. The first-order chi connectivity index (χ1) is 10.0. The number of ether oxygens (including phenoxy) is 2. The van der Waals surface area contributed by atoms with Crippen molar-refractivity contribution in [2.24, 2.45) is 0 Å². The lowest BCUT2D eigenvalue weighted by Crippen LogP contribution is -2.23. The molecule has 1 aromatic heterocycles. The number of nitrogens with zero attached hydrogens (tertiary/aromatic N) is 1. The first kappa shape index (κ1) is 13.7. The van der Waals surface area contributed by atoms with Crippen molar-refractivity contribution in [3.8, 4) is 11.5 Å². The molecule has 0 unspecified atom stereocenters. The van der Waals surface area contributed by atoms with E-state index in [0.29, 0.717) is 11.5 Å². The summed E-state index contributed by atoms with van der Waals surface area (Å²) in [6.45, 7) is 0.324. The molecule has 2 aromatic rings. The zero-order valence-electron chi connectivity index (χ0n) is 10.9. The number of nitrogen functional groups attached to an aromatic ring is 1. The molecule has 8 heteroatoms. The van der Waals surface area contributed by atoms with Crippen LogP contribution in [0.2, 0.25) is 0 Å². The van der Waals surface area contributed by atoms with E-state index < -0.39 is 10.0 Å². The molecule has 0 saturated carbocycles. The summed E-state index contributed by atoms with van der Waals surface area (Å²) in [5.41, 5.74) is 6.20. The van der Waals surface area contributed by atoms with Gasteiger partial charge in [0.25, 0.3) is 0 Å². The molecule has 0 radical (unpaired) electrons. The Labute approximate surface area is 121 Å². The van der Waals surface area contributed by atoms with Gasteiger partial charge >= 0.3 is 0 Å². The van der Waals surface area contributed by atoms with Crippen molar-refractivity contribution in [2.75, 3.05) is 12.5 Å². The van der Waals surface area contributed by atoms with Crippen LogP contribution in [0.3, 0.4) is 0 Å². The number of hydrogen-bond acceptors (Lipinski definition) is 6. The van der Waals surface area contributed by atoms with Crippen LogP contribution in [0.15, 0.2) is 41.4 Å². The second-order valence-electron chi connectivity index (χ2n) is 4.43. The topological polar surface area (TPSA) is 104 Å². The van der Waals surface area contributed by atoms with Gasteiger partial charge in [-0.15, -0.1) is 0 Å². The van der Waals surface area contributed by atoms with E-state index in [2.05, 4.69) is 9.71 Å². The number of anilines is 1. The van der Waals surface area contributed by atoms with Crippen molar-refractivity contribution < 1.29 is 17.9 Å². The highest BCUT2D eigenvalue weighted by atomic mass is 32.2. The van der Waals surface area contributed by atoms with Crippen LogP contribution >= 0.6 is 0 Å². The van der Waals surface area contributed by atoms with E-state index in [4.69, 9.17) is 15.2 Å². The van der Waals surface area contributed by atoms with Crippen LogP contribution in [-0.4, -0.2) is 20.2 Å². The molecule has 0 spiro atoms. The van der Waals surface area contributed by atoms with Crippen LogP contribution < -0.4 is 19.9 Å². The zero-order valence-corrected chi connectivity index (χ0v) is 11.8. The fourth-order valence-electron chi connectivity index (χ4n) is 1.86. The van der Waals surface area contributed by atoms with Gasteiger partial charge in [-0.3, -0.25) is 0 Å². The molecule has 3 N–H and O–H groups in total. The highest BCUT2D eigenvalue weighted by Crippen LogP contribution is 2.32. The molecule has 3 rings (SSSR count). The molecule has 21 heavy (non-hydrogen) atoms. The number of rotatable bonds is 4. The average Bonchev–Trinajstić information content (AvgIpc) is 2.93. The third-order valence-corrected chi connectivity index (χ3v) is 4.36. The van der Waals surface area contributed by atoms with Crippen LogP contribution in [0.5, 0.6) is 11.5 Å². The molecule has 0 amide bonds. The Morgan fingerprint density at radius 3 is 2.76 bits per heavy atom. The summed E-state index contributed by atoms with van der Waals surface area (Å²) in [4.78, 5) is 3.84. The maximum Gasteiger partial charge on any atom is 0.242 e. The van der Waals surface area contributed by atoms with E-state index in [1.807, 2.05) is 0 Å². The first-order valence-electron chi connectivity index (χ1n) is 6.14. The lowest BCUT2D eigenvalue weighted by atomic mass is 10.2. The van der Waals surface area contributed by atoms with Crippen LogP contribution in [0.4, 0.5) is 5.82 Å². The summed E-state index contributed by atoms with van der Waals surface area (Å²) in [5.74, 6) is 1.54. The molecule has 110 valence electrons. The van der Waals surface area contributed by atoms with Gasteiger partial charge in [0, 0.05) is 12.7 Å². The smallest absolute Gasteiger partial charge is 0.242 e. The minimum absolute atomic E-state index is 0.0671. The first-order valence-corrected chi connectivity index (χ1v) is 7.63. The zero-order chi connectivity index (χ0) is 14.9. The minimum atomic E-state index is -3.63. The Morgan fingerprint density at radius 2 is 2.00 bits per heavy atom. The summed E-state index contributed by atoms with van der Waals surface area (Å²) in [6, 6.07) is 8.11. The summed E-state index contributed by atoms with van der Waals surface area (Å²) in [7, 11) is -3.63. The van der Waals surface area contributed by atoms with Crippen molar-refractivity contribution in [1.29, 1.82) is 0 Å². The molecule has 7 nitrogen and oxygen atoms in total. The van der Waals surface area contributed by atoms with Gasteiger partial charge in [-0.05, 0) is 29.8 Å². The third-order valence-electron chi connectivity index (χ3n) is 2.97. The molecule has 1 aliphatic heterocycles. The van der Waals surface area contributed by atoms with E-state index in [9.17, 15) is 8.42 Å². The van der Waals surface area contributed by atoms with E-state index in [-0.39, 0.29) is 24.1 Å². The van der Waals surface area contributed by atoms with Crippen molar-refractivity contribution >= 4 is 15.8 Å². The van der Waals surface area contributed by atoms with Gasteiger partial charge in [0.05, 0.1) is 0 Å². The van der Waals surface area contributed by atoms with Crippen LogP contribution in [0.25, 0.3) is 0 Å². The number of benzene rings is 1. The molecule has 2 heterocycles. The Hall–Kier alpha value is -2.32. The molecule has 0 aliphatic carbocycles. The summed E-state index contributed by atoms with van der Waals surface area (Å²) >= 11 is 0. The molecule has 0 bridgehead atoms. The second kappa shape index (κ2) is 5.23. The van der Waals surface area contributed by atoms with Crippen molar-refractivity contribution in [2.45, 2.75) is 11.4 Å². The minimum Gasteiger partial charge on any atom is -0.454 e. The Kier molecular flexibility index (Phi) is 3.40. The fourth-order valence-corrected chi connectivity index (χ4v) is 2.83. The van der Waals surface area contributed by atoms with Gasteiger partial charge in [-0.1, -0.05) is 6.07 Å². The molecule has 1 aliphatic rings. The number of nitrogens with one attached hydrogen (secondary N) is 1. The molecule has 1 aromatic carbocycles. The second-order valence-corrected chi connectivity index (χ2v) is 6.20. The largest absolute Gasteiger partial charge is 0.454 e. The standard InChI is InChI=1S/C13H13N3O4S/c14-13-4-2-10(7-15-13)21(17,18)16-6-9-1-3-11-12(5-9)20-8-19-11/h1-5,7,16H,6,8H2,(H2,14,15). The SMILES string of the molecule is Nc1ccc(S(=O)(=O)NCc2ccc3c(c2)OCO3)cn1. The maximum atomic E-state index is 12.1. The Bertz CT molecular complexity index is 759. The maximum absolute atomic E-state index is 12.1. The monoisotopic (exact) mass is 307 g/mol. The van der Waals surface area contributed by atoms with Gasteiger partial charge < -0.3 is 15.2 Å². The number of fused-ring (bicyclic) bond motifs is 1. The summed E-state index contributed by atoms with van der Waals surface area (Å²) in [5, 5.41) is 0. The van der Waals surface area contributed by atoms with Crippen molar-refractivity contribution in [3.63, 3.8) is 0 Å².